The second-order valence-corrected chi connectivity index (χ2v) is 5.74. The van der Waals surface area contributed by atoms with E-state index in [9.17, 15) is 13.2 Å². The number of nitrogens with one attached hydrogen (secondary N) is 1. The van der Waals surface area contributed by atoms with E-state index in [0.29, 0.717) is 5.56 Å². The van der Waals surface area contributed by atoms with E-state index in [-0.39, 0.29) is 16.3 Å². The standard InChI is InChI=1S/C12H11N5O3S/c1-17-7-10(21(14,19)20)11(16-17)15-12(18)9-4-2-3-8(5-9)6-13/h2-5,7H,1H3,(H2,14,19,20)(H,15,16,18). The van der Waals surface area contributed by atoms with Crippen molar-refractivity contribution in [2.75, 3.05) is 5.32 Å². The minimum atomic E-state index is -4.00. The number of nitrogens with zero attached hydrogens (tertiary/aromatic N) is 3. The predicted octanol–water partition coefficient (Wildman–Crippen LogP) is 0.191. The molecule has 0 bridgehead atoms. The molecule has 3 N–H and O–H groups in total. The molecule has 2 aromatic rings. The van der Waals surface area contributed by atoms with Crippen LogP contribution in [-0.2, 0) is 17.1 Å². The summed E-state index contributed by atoms with van der Waals surface area (Å²) in [5.41, 5.74) is 0.524. The molecule has 0 atom stereocenters. The molecule has 0 aliphatic carbocycles. The fourth-order valence-corrected chi connectivity index (χ4v) is 2.33. The Morgan fingerprint density at radius 2 is 2.19 bits per heavy atom. The van der Waals surface area contributed by atoms with Gasteiger partial charge >= 0.3 is 0 Å². The predicted molar refractivity (Wildman–Crippen MR) is 73.7 cm³/mol. The van der Waals surface area contributed by atoms with Crippen molar-refractivity contribution < 1.29 is 13.2 Å². The zero-order valence-corrected chi connectivity index (χ0v) is 11.8. The molecule has 21 heavy (non-hydrogen) atoms. The van der Waals surface area contributed by atoms with Crippen LogP contribution >= 0.6 is 0 Å². The van der Waals surface area contributed by atoms with Gasteiger partial charge in [0.2, 0.25) is 10.0 Å². The van der Waals surface area contributed by atoms with E-state index in [1.54, 1.807) is 12.1 Å². The molecule has 108 valence electrons. The van der Waals surface area contributed by atoms with Crippen molar-refractivity contribution in [3.63, 3.8) is 0 Å². The molecular weight excluding hydrogens is 294 g/mol. The summed E-state index contributed by atoms with van der Waals surface area (Å²) in [6, 6.07) is 7.89. The minimum absolute atomic E-state index is 0.160. The Labute approximate surface area is 120 Å². The second-order valence-electron chi connectivity index (χ2n) is 4.21. The number of anilines is 1. The highest BCUT2D eigenvalue weighted by atomic mass is 32.2. The average molecular weight is 305 g/mol. The number of rotatable bonds is 3. The maximum Gasteiger partial charge on any atom is 0.256 e. The zero-order valence-electron chi connectivity index (χ0n) is 10.9. The molecule has 0 aliphatic heterocycles. The van der Waals surface area contributed by atoms with Gasteiger partial charge in [0, 0.05) is 18.8 Å². The van der Waals surface area contributed by atoms with Crippen LogP contribution in [0.15, 0.2) is 35.4 Å². The molecule has 0 saturated carbocycles. The van der Waals surface area contributed by atoms with Crippen LogP contribution in [0.1, 0.15) is 15.9 Å². The summed E-state index contributed by atoms with van der Waals surface area (Å²) in [5, 5.41) is 20.1. The third-order valence-electron chi connectivity index (χ3n) is 2.59. The first-order valence-electron chi connectivity index (χ1n) is 5.69. The number of hydrogen-bond acceptors (Lipinski definition) is 5. The summed E-state index contributed by atoms with van der Waals surface area (Å²) in [5.74, 6) is -0.747. The van der Waals surface area contributed by atoms with Crippen LogP contribution in [0.4, 0.5) is 5.82 Å². The van der Waals surface area contributed by atoms with E-state index in [1.165, 1.54) is 30.1 Å². The van der Waals surface area contributed by atoms with Gasteiger partial charge in [0.25, 0.3) is 5.91 Å². The van der Waals surface area contributed by atoms with E-state index in [0.717, 1.165) is 0 Å². The molecule has 0 spiro atoms. The number of hydrogen-bond donors (Lipinski definition) is 2. The van der Waals surface area contributed by atoms with E-state index >= 15 is 0 Å². The Hall–Kier alpha value is -2.70. The van der Waals surface area contributed by atoms with Crippen molar-refractivity contribution in [3.8, 4) is 6.07 Å². The Bertz CT molecular complexity index is 848. The maximum atomic E-state index is 12.1. The van der Waals surface area contributed by atoms with Crippen molar-refractivity contribution in [3.05, 3.63) is 41.6 Å². The molecule has 0 aliphatic rings. The van der Waals surface area contributed by atoms with Gasteiger partial charge in [0.05, 0.1) is 11.6 Å². The van der Waals surface area contributed by atoms with Crippen LogP contribution in [0.25, 0.3) is 0 Å². The molecule has 1 aromatic heterocycles. The van der Waals surface area contributed by atoms with Crippen LogP contribution < -0.4 is 10.5 Å². The SMILES string of the molecule is Cn1cc(S(N)(=O)=O)c(NC(=O)c2cccc(C#N)c2)n1. The van der Waals surface area contributed by atoms with Gasteiger partial charge in [0.15, 0.2) is 5.82 Å². The molecule has 1 amide bonds. The lowest BCUT2D eigenvalue weighted by atomic mass is 10.1. The van der Waals surface area contributed by atoms with E-state index in [1.807, 2.05) is 6.07 Å². The van der Waals surface area contributed by atoms with Crippen LogP contribution in [0.3, 0.4) is 0 Å². The van der Waals surface area contributed by atoms with Crippen molar-refractivity contribution in [2.45, 2.75) is 4.90 Å². The normalized spacial score (nSPS) is 10.9. The highest BCUT2D eigenvalue weighted by molar-refractivity contribution is 7.89. The molecule has 0 unspecified atom stereocenters. The van der Waals surface area contributed by atoms with Gasteiger partial charge in [-0.05, 0) is 18.2 Å². The quantitative estimate of drug-likeness (QED) is 0.835. The van der Waals surface area contributed by atoms with Crippen molar-refractivity contribution in [1.29, 1.82) is 5.26 Å². The van der Waals surface area contributed by atoms with Gasteiger partial charge < -0.3 is 5.32 Å². The monoisotopic (exact) mass is 305 g/mol. The summed E-state index contributed by atoms with van der Waals surface area (Å²) in [6.07, 6.45) is 1.19. The maximum absolute atomic E-state index is 12.1. The first-order chi connectivity index (χ1) is 9.81. The van der Waals surface area contributed by atoms with Crippen LogP contribution in [0, 0.1) is 11.3 Å². The molecule has 1 aromatic carbocycles. The summed E-state index contributed by atoms with van der Waals surface area (Å²) in [4.78, 5) is 11.8. The smallest absolute Gasteiger partial charge is 0.256 e. The summed E-state index contributed by atoms with van der Waals surface area (Å²) >= 11 is 0. The van der Waals surface area contributed by atoms with Gasteiger partial charge in [-0.1, -0.05) is 6.07 Å². The van der Waals surface area contributed by atoms with Gasteiger partial charge in [0.1, 0.15) is 4.90 Å². The molecule has 9 heteroatoms. The number of nitrogens with two attached hydrogens (primary N) is 1. The lowest BCUT2D eigenvalue weighted by Crippen LogP contribution is -2.17. The number of aromatic nitrogens is 2. The number of benzene rings is 1. The Kier molecular flexibility index (Phi) is 3.75. The van der Waals surface area contributed by atoms with Crippen LogP contribution in [0.5, 0.6) is 0 Å². The van der Waals surface area contributed by atoms with Crippen LogP contribution in [-0.4, -0.2) is 24.1 Å². The first kappa shape index (κ1) is 14.7. The lowest BCUT2D eigenvalue weighted by Gasteiger charge is -2.04. The van der Waals surface area contributed by atoms with Crippen molar-refractivity contribution in [2.24, 2.45) is 12.2 Å². The third-order valence-corrected chi connectivity index (χ3v) is 3.50. The Balaban J connectivity index is 2.34. The number of carbonyl (C=O) groups excluding carboxylic acids is 1. The van der Waals surface area contributed by atoms with Gasteiger partial charge in [-0.25, -0.2) is 13.6 Å². The summed E-state index contributed by atoms with van der Waals surface area (Å²) < 4.78 is 24.1. The van der Waals surface area contributed by atoms with Crippen molar-refractivity contribution >= 4 is 21.7 Å². The molecule has 0 radical (unpaired) electrons. The van der Waals surface area contributed by atoms with E-state index in [2.05, 4.69) is 10.4 Å². The fourth-order valence-electron chi connectivity index (χ4n) is 1.67. The van der Waals surface area contributed by atoms with Crippen LogP contribution in [0.2, 0.25) is 0 Å². The zero-order chi connectivity index (χ0) is 15.6. The summed E-state index contributed by atoms with van der Waals surface area (Å²) in [7, 11) is -2.50. The number of aryl methyl sites for hydroxylation is 1. The lowest BCUT2D eigenvalue weighted by molar-refractivity contribution is 0.102. The third kappa shape index (κ3) is 3.25. The molecule has 2 rings (SSSR count). The Morgan fingerprint density at radius 1 is 1.48 bits per heavy atom. The number of sulfonamides is 1. The van der Waals surface area contributed by atoms with Gasteiger partial charge in [-0.2, -0.15) is 10.4 Å². The molecule has 8 nitrogen and oxygen atoms in total. The Morgan fingerprint density at radius 3 is 2.81 bits per heavy atom. The van der Waals surface area contributed by atoms with Gasteiger partial charge in [-0.3, -0.25) is 9.48 Å². The largest absolute Gasteiger partial charge is 0.304 e. The molecule has 1 heterocycles. The highest BCUT2D eigenvalue weighted by Crippen LogP contribution is 2.18. The molecule has 0 saturated heterocycles. The van der Waals surface area contributed by atoms with Gasteiger partial charge in [-0.15, -0.1) is 0 Å². The minimum Gasteiger partial charge on any atom is -0.304 e. The van der Waals surface area contributed by atoms with E-state index < -0.39 is 15.9 Å². The number of amides is 1. The molecular formula is C12H11N5O3S. The average Bonchev–Trinajstić information content (AvgIpc) is 2.79. The van der Waals surface area contributed by atoms with E-state index in [4.69, 9.17) is 10.4 Å². The topological polar surface area (TPSA) is 131 Å². The molecule has 0 fully saturated rings. The summed E-state index contributed by atoms with van der Waals surface area (Å²) in [6.45, 7) is 0. The first-order valence-corrected chi connectivity index (χ1v) is 7.24. The fraction of sp³-hybridized carbons (Fsp3) is 0.0833. The number of primary sulfonamides is 1. The number of carbonyl (C=O) groups is 1. The van der Waals surface area contributed by atoms with Crippen molar-refractivity contribution in [1.82, 2.24) is 9.78 Å². The second kappa shape index (κ2) is 5.35. The highest BCUT2D eigenvalue weighted by Gasteiger charge is 2.20. The number of nitriles is 1.